The highest BCUT2D eigenvalue weighted by Crippen LogP contribution is 2.12. The molecule has 1 aromatic rings. The molecule has 0 unspecified atom stereocenters. The van der Waals surface area contributed by atoms with Crippen LogP contribution in [0, 0.1) is 6.42 Å². The van der Waals surface area contributed by atoms with Crippen molar-refractivity contribution < 1.29 is 9.90 Å². The van der Waals surface area contributed by atoms with E-state index in [9.17, 15) is 9.90 Å². The SMILES string of the molecule is O=C([CH]Cc1ccccc1)N1CCC(O)CC1. The van der Waals surface area contributed by atoms with Crippen LogP contribution < -0.4 is 0 Å². The number of amides is 1. The van der Waals surface area contributed by atoms with E-state index in [1.165, 1.54) is 0 Å². The maximum absolute atomic E-state index is 11.9. The van der Waals surface area contributed by atoms with Crippen LogP contribution in [0.1, 0.15) is 18.4 Å². The number of nitrogens with zero attached hydrogens (tertiary/aromatic N) is 1. The minimum absolute atomic E-state index is 0.0840. The highest BCUT2D eigenvalue weighted by molar-refractivity contribution is 5.85. The Balaban J connectivity index is 1.78. The van der Waals surface area contributed by atoms with Crippen molar-refractivity contribution in [2.24, 2.45) is 0 Å². The highest BCUT2D eigenvalue weighted by atomic mass is 16.3. The standard InChI is InChI=1S/C14H18NO2/c16-13-8-10-15(11-9-13)14(17)7-6-12-4-2-1-3-5-12/h1-5,7,13,16H,6,8-11H2. The number of hydrogen-bond donors (Lipinski definition) is 1. The maximum Gasteiger partial charge on any atom is 0.226 e. The first-order valence-corrected chi connectivity index (χ1v) is 6.10. The van der Waals surface area contributed by atoms with E-state index in [1.807, 2.05) is 35.2 Å². The van der Waals surface area contributed by atoms with Crippen LogP contribution >= 0.6 is 0 Å². The van der Waals surface area contributed by atoms with Gasteiger partial charge in [0, 0.05) is 13.1 Å². The van der Waals surface area contributed by atoms with E-state index < -0.39 is 0 Å². The normalized spacial score (nSPS) is 17.1. The smallest absolute Gasteiger partial charge is 0.226 e. The van der Waals surface area contributed by atoms with Gasteiger partial charge < -0.3 is 10.0 Å². The molecule has 1 aliphatic heterocycles. The van der Waals surface area contributed by atoms with Crippen molar-refractivity contribution in [3.63, 3.8) is 0 Å². The molecule has 3 nitrogen and oxygen atoms in total. The molecule has 3 heteroatoms. The van der Waals surface area contributed by atoms with Gasteiger partial charge >= 0.3 is 0 Å². The minimum Gasteiger partial charge on any atom is -0.393 e. The van der Waals surface area contributed by atoms with E-state index in [0.717, 1.165) is 5.56 Å². The predicted molar refractivity (Wildman–Crippen MR) is 66.3 cm³/mol. The molecule has 0 aliphatic carbocycles. The Morgan fingerprint density at radius 1 is 1.29 bits per heavy atom. The van der Waals surface area contributed by atoms with Crippen LogP contribution in [0.3, 0.4) is 0 Å². The highest BCUT2D eigenvalue weighted by Gasteiger charge is 2.20. The summed E-state index contributed by atoms with van der Waals surface area (Å²) in [7, 11) is 0. The molecule has 1 aliphatic rings. The molecule has 1 saturated heterocycles. The summed E-state index contributed by atoms with van der Waals surface area (Å²) in [5.41, 5.74) is 1.15. The number of carbonyl (C=O) groups excluding carboxylic acids is 1. The Morgan fingerprint density at radius 2 is 1.94 bits per heavy atom. The van der Waals surface area contributed by atoms with Crippen molar-refractivity contribution in [2.75, 3.05) is 13.1 Å². The first-order valence-electron chi connectivity index (χ1n) is 6.10. The van der Waals surface area contributed by atoms with Gasteiger partial charge in [0.05, 0.1) is 12.5 Å². The fraction of sp³-hybridized carbons (Fsp3) is 0.429. The van der Waals surface area contributed by atoms with Gasteiger partial charge in [0.25, 0.3) is 0 Å². The van der Waals surface area contributed by atoms with E-state index in [1.54, 1.807) is 6.42 Å². The molecule has 1 radical (unpaired) electrons. The molecule has 1 amide bonds. The van der Waals surface area contributed by atoms with Crippen molar-refractivity contribution >= 4 is 5.91 Å². The summed E-state index contributed by atoms with van der Waals surface area (Å²) in [6.07, 6.45) is 3.58. The topological polar surface area (TPSA) is 40.5 Å². The Labute approximate surface area is 102 Å². The Morgan fingerprint density at radius 3 is 2.59 bits per heavy atom. The number of aliphatic hydroxyl groups excluding tert-OH is 1. The molecule has 0 atom stereocenters. The Bertz CT molecular complexity index is 356. The summed E-state index contributed by atoms with van der Waals surface area (Å²) in [5.74, 6) is 0.0840. The summed E-state index contributed by atoms with van der Waals surface area (Å²) >= 11 is 0. The lowest BCUT2D eigenvalue weighted by Gasteiger charge is -2.29. The maximum atomic E-state index is 11.9. The number of benzene rings is 1. The summed E-state index contributed by atoms with van der Waals surface area (Å²) < 4.78 is 0. The predicted octanol–water partition coefficient (Wildman–Crippen LogP) is 1.42. The lowest BCUT2D eigenvalue weighted by Crippen LogP contribution is -2.40. The lowest BCUT2D eigenvalue weighted by atomic mass is 10.1. The van der Waals surface area contributed by atoms with Gasteiger partial charge in [0.15, 0.2) is 0 Å². The quantitative estimate of drug-likeness (QED) is 0.856. The minimum atomic E-state index is -0.229. The zero-order valence-corrected chi connectivity index (χ0v) is 9.88. The second-order valence-corrected chi connectivity index (χ2v) is 4.45. The molecular weight excluding hydrogens is 214 g/mol. The van der Waals surface area contributed by atoms with Gasteiger partial charge in [-0.25, -0.2) is 0 Å². The number of likely N-dealkylation sites (tertiary alicyclic amines) is 1. The molecule has 91 valence electrons. The molecule has 17 heavy (non-hydrogen) atoms. The molecule has 1 heterocycles. The second-order valence-electron chi connectivity index (χ2n) is 4.45. The van der Waals surface area contributed by atoms with Crippen molar-refractivity contribution in [1.29, 1.82) is 0 Å². The molecular formula is C14H18NO2. The molecule has 2 rings (SSSR count). The van der Waals surface area contributed by atoms with Crippen LogP contribution in [0.25, 0.3) is 0 Å². The van der Waals surface area contributed by atoms with Crippen LogP contribution in [0.4, 0.5) is 0 Å². The zero-order chi connectivity index (χ0) is 12.1. The van der Waals surface area contributed by atoms with E-state index in [-0.39, 0.29) is 12.0 Å². The van der Waals surface area contributed by atoms with Crippen molar-refractivity contribution in [1.82, 2.24) is 4.90 Å². The second kappa shape index (κ2) is 5.82. The van der Waals surface area contributed by atoms with Gasteiger partial charge in [-0.05, 0) is 24.8 Å². The average Bonchev–Trinajstić information content (AvgIpc) is 2.38. The summed E-state index contributed by atoms with van der Waals surface area (Å²) in [5, 5.41) is 9.37. The molecule has 0 bridgehead atoms. The van der Waals surface area contributed by atoms with Crippen molar-refractivity contribution in [2.45, 2.75) is 25.4 Å². The van der Waals surface area contributed by atoms with Gasteiger partial charge in [-0.2, -0.15) is 0 Å². The van der Waals surface area contributed by atoms with Crippen molar-refractivity contribution in [3.8, 4) is 0 Å². The molecule has 0 saturated carbocycles. The van der Waals surface area contributed by atoms with Gasteiger partial charge in [-0.3, -0.25) is 4.79 Å². The molecule has 0 spiro atoms. The lowest BCUT2D eigenvalue weighted by molar-refractivity contribution is -0.129. The Hall–Kier alpha value is -1.35. The molecule has 0 aromatic heterocycles. The summed E-state index contributed by atoms with van der Waals surface area (Å²) in [4.78, 5) is 13.7. The van der Waals surface area contributed by atoms with Crippen LogP contribution in [0.2, 0.25) is 0 Å². The van der Waals surface area contributed by atoms with E-state index in [4.69, 9.17) is 0 Å². The van der Waals surface area contributed by atoms with E-state index >= 15 is 0 Å². The zero-order valence-electron chi connectivity index (χ0n) is 9.88. The van der Waals surface area contributed by atoms with Crippen molar-refractivity contribution in [3.05, 3.63) is 42.3 Å². The molecule has 1 N–H and O–H groups in total. The first kappa shape index (κ1) is 12.1. The van der Waals surface area contributed by atoms with Crippen LogP contribution in [0.15, 0.2) is 30.3 Å². The van der Waals surface area contributed by atoms with Crippen LogP contribution in [0.5, 0.6) is 0 Å². The molecule has 1 aromatic carbocycles. The number of hydrogen-bond acceptors (Lipinski definition) is 2. The third-order valence-electron chi connectivity index (χ3n) is 3.13. The third kappa shape index (κ3) is 3.56. The largest absolute Gasteiger partial charge is 0.393 e. The van der Waals surface area contributed by atoms with Gasteiger partial charge in [0.2, 0.25) is 5.91 Å². The molecule has 1 fully saturated rings. The fourth-order valence-corrected chi connectivity index (χ4v) is 2.03. The number of piperidine rings is 1. The summed E-state index contributed by atoms with van der Waals surface area (Å²) in [6, 6.07) is 9.96. The number of aliphatic hydroxyl groups is 1. The number of rotatable bonds is 3. The van der Waals surface area contributed by atoms with Gasteiger partial charge in [-0.1, -0.05) is 30.3 Å². The summed E-state index contributed by atoms with van der Waals surface area (Å²) in [6.45, 7) is 1.34. The average molecular weight is 232 g/mol. The van der Waals surface area contributed by atoms with E-state index in [0.29, 0.717) is 32.4 Å². The third-order valence-corrected chi connectivity index (χ3v) is 3.13. The Kier molecular flexibility index (Phi) is 4.15. The van der Waals surface area contributed by atoms with E-state index in [2.05, 4.69) is 0 Å². The number of carbonyl (C=O) groups is 1. The van der Waals surface area contributed by atoms with Crippen LogP contribution in [-0.2, 0) is 11.2 Å². The van der Waals surface area contributed by atoms with Gasteiger partial charge in [0.1, 0.15) is 0 Å². The van der Waals surface area contributed by atoms with Gasteiger partial charge in [-0.15, -0.1) is 0 Å². The monoisotopic (exact) mass is 232 g/mol. The first-order chi connectivity index (χ1) is 8.25. The fourth-order valence-electron chi connectivity index (χ4n) is 2.03. The van der Waals surface area contributed by atoms with Crippen LogP contribution in [-0.4, -0.2) is 35.1 Å².